The predicted molar refractivity (Wildman–Crippen MR) is 95.6 cm³/mol. The van der Waals surface area contributed by atoms with Gasteiger partial charge in [0.2, 0.25) is 0 Å². The van der Waals surface area contributed by atoms with Crippen LogP contribution in [0.5, 0.6) is 0 Å². The summed E-state index contributed by atoms with van der Waals surface area (Å²) in [5.74, 6) is -0.150. The van der Waals surface area contributed by atoms with Crippen LogP contribution in [0.25, 0.3) is 16.9 Å². The molecule has 8 nitrogen and oxygen atoms in total. The fourth-order valence-electron chi connectivity index (χ4n) is 2.70. The Morgan fingerprint density at radius 1 is 1.38 bits per heavy atom. The van der Waals surface area contributed by atoms with Crippen molar-refractivity contribution in [1.29, 1.82) is 5.26 Å². The van der Waals surface area contributed by atoms with Crippen molar-refractivity contribution in [2.24, 2.45) is 5.73 Å². The van der Waals surface area contributed by atoms with Crippen molar-refractivity contribution < 1.29 is 4.79 Å². The molecule has 1 aromatic carbocycles. The van der Waals surface area contributed by atoms with Crippen LogP contribution in [0.1, 0.15) is 21.5 Å². The summed E-state index contributed by atoms with van der Waals surface area (Å²) in [5, 5.41) is 14.4. The van der Waals surface area contributed by atoms with Crippen molar-refractivity contribution in [3.8, 4) is 23.0 Å². The largest absolute Gasteiger partial charge is 0.355 e. The first-order valence-electron chi connectivity index (χ1n) is 7.82. The number of carbonyl (C=O) groups excluding carboxylic acids is 1. The number of nitrogens with two attached hydrogens (primary N) is 1. The Morgan fingerprint density at radius 3 is 2.88 bits per heavy atom. The van der Waals surface area contributed by atoms with Gasteiger partial charge in [-0.3, -0.25) is 14.7 Å². The second kappa shape index (κ2) is 7.04. The molecular weight excluding hydrogens is 332 g/mol. The molecule has 2 heterocycles. The van der Waals surface area contributed by atoms with Gasteiger partial charge in [0.05, 0.1) is 22.8 Å². The van der Waals surface area contributed by atoms with Crippen molar-refractivity contribution in [2.75, 3.05) is 7.05 Å². The normalized spacial score (nSPS) is 10.3. The monoisotopic (exact) mass is 348 g/mol. The van der Waals surface area contributed by atoms with Gasteiger partial charge in [0.1, 0.15) is 0 Å². The molecule has 0 aliphatic rings. The number of carbonyl (C=O) groups is 1. The molecule has 130 valence electrons. The highest BCUT2D eigenvalue weighted by Gasteiger charge is 2.18. The van der Waals surface area contributed by atoms with Crippen LogP contribution < -0.4 is 16.6 Å². The average molecular weight is 348 g/mol. The van der Waals surface area contributed by atoms with Crippen molar-refractivity contribution in [1.82, 2.24) is 20.1 Å². The van der Waals surface area contributed by atoms with Crippen LogP contribution in [0.2, 0.25) is 0 Å². The number of nitrogens with zero attached hydrogens (tertiary/aromatic N) is 3. The van der Waals surface area contributed by atoms with Crippen LogP contribution in [0.4, 0.5) is 0 Å². The molecule has 8 heteroatoms. The Hall–Kier alpha value is -3.70. The number of aromatic amines is 1. The van der Waals surface area contributed by atoms with E-state index >= 15 is 0 Å². The van der Waals surface area contributed by atoms with Crippen molar-refractivity contribution in [2.45, 2.75) is 6.54 Å². The van der Waals surface area contributed by atoms with Gasteiger partial charge >= 0.3 is 0 Å². The molecule has 0 bridgehead atoms. The quantitative estimate of drug-likeness (QED) is 0.645. The minimum Gasteiger partial charge on any atom is -0.355 e. The first-order chi connectivity index (χ1) is 12.6. The number of hydrogen-bond donors (Lipinski definition) is 3. The second-order valence-electron chi connectivity index (χ2n) is 5.47. The number of nitriles is 1. The Bertz CT molecular complexity index is 1070. The molecule has 0 atom stereocenters. The Balaban J connectivity index is 2.16. The van der Waals surface area contributed by atoms with Crippen LogP contribution in [0.15, 0.2) is 47.5 Å². The Kier molecular flexibility index (Phi) is 4.64. The van der Waals surface area contributed by atoms with E-state index in [2.05, 4.69) is 21.5 Å². The molecule has 1 amide bonds. The second-order valence-corrected chi connectivity index (χ2v) is 5.47. The number of rotatable bonds is 4. The maximum Gasteiger partial charge on any atom is 0.280 e. The van der Waals surface area contributed by atoms with E-state index in [-0.39, 0.29) is 29.4 Å². The lowest BCUT2D eigenvalue weighted by molar-refractivity contribution is 0.0962. The number of hydrogen-bond acceptors (Lipinski definition) is 5. The van der Waals surface area contributed by atoms with E-state index in [0.717, 1.165) is 0 Å². The molecular formula is C18H16N6O2. The molecule has 0 spiro atoms. The fraction of sp³-hybridized carbons (Fsp3) is 0.111. The smallest absolute Gasteiger partial charge is 0.280 e. The lowest BCUT2D eigenvalue weighted by Crippen LogP contribution is -2.24. The lowest BCUT2D eigenvalue weighted by Gasteiger charge is -2.07. The van der Waals surface area contributed by atoms with Gasteiger partial charge in [-0.15, -0.1) is 0 Å². The first kappa shape index (κ1) is 17.1. The van der Waals surface area contributed by atoms with E-state index < -0.39 is 0 Å². The lowest BCUT2D eigenvalue weighted by atomic mass is 10.00. The number of pyridine rings is 1. The fourth-order valence-corrected chi connectivity index (χ4v) is 2.70. The van der Waals surface area contributed by atoms with Gasteiger partial charge in [-0.05, 0) is 35.4 Å². The highest BCUT2D eigenvalue weighted by atomic mass is 16.2. The summed E-state index contributed by atoms with van der Waals surface area (Å²) in [4.78, 5) is 29.1. The van der Waals surface area contributed by atoms with E-state index in [0.29, 0.717) is 22.3 Å². The maximum absolute atomic E-state index is 12.9. The highest BCUT2D eigenvalue weighted by Crippen LogP contribution is 2.22. The minimum absolute atomic E-state index is 0.183. The molecule has 0 saturated carbocycles. The van der Waals surface area contributed by atoms with E-state index in [4.69, 9.17) is 11.0 Å². The van der Waals surface area contributed by atoms with E-state index in [1.165, 1.54) is 24.1 Å². The molecule has 3 rings (SSSR count). The Labute approximate surface area is 148 Å². The Morgan fingerprint density at radius 2 is 2.19 bits per heavy atom. The molecule has 0 unspecified atom stereocenters. The van der Waals surface area contributed by atoms with Crippen LogP contribution in [0.3, 0.4) is 0 Å². The third-order valence-electron chi connectivity index (χ3n) is 3.99. The van der Waals surface area contributed by atoms with E-state index in [9.17, 15) is 9.59 Å². The summed E-state index contributed by atoms with van der Waals surface area (Å²) in [6, 6.07) is 10.2. The molecule has 2 aromatic heterocycles. The topological polar surface area (TPSA) is 130 Å². The van der Waals surface area contributed by atoms with Gasteiger partial charge in [0.15, 0.2) is 5.82 Å². The number of benzene rings is 1. The van der Waals surface area contributed by atoms with Gasteiger partial charge in [0, 0.05) is 26.0 Å². The predicted octanol–water partition coefficient (Wildman–Crippen LogP) is 0.918. The van der Waals surface area contributed by atoms with Gasteiger partial charge in [-0.25, -0.2) is 9.67 Å². The van der Waals surface area contributed by atoms with Crippen LogP contribution in [0, 0.1) is 11.3 Å². The third-order valence-corrected chi connectivity index (χ3v) is 3.99. The van der Waals surface area contributed by atoms with E-state index in [1.54, 1.807) is 30.3 Å². The molecule has 3 aromatic rings. The summed E-state index contributed by atoms with van der Waals surface area (Å²) in [5.41, 5.74) is 7.82. The van der Waals surface area contributed by atoms with Crippen LogP contribution in [-0.4, -0.2) is 27.7 Å². The van der Waals surface area contributed by atoms with Gasteiger partial charge in [-0.1, -0.05) is 6.07 Å². The molecule has 0 aliphatic carbocycles. The number of nitrogens with one attached hydrogen (secondary N) is 2. The van der Waals surface area contributed by atoms with Crippen molar-refractivity contribution >= 4 is 5.91 Å². The zero-order valence-corrected chi connectivity index (χ0v) is 14.0. The number of aromatic nitrogens is 3. The molecule has 0 fully saturated rings. The van der Waals surface area contributed by atoms with Gasteiger partial charge in [0.25, 0.3) is 11.5 Å². The van der Waals surface area contributed by atoms with Gasteiger partial charge in [-0.2, -0.15) is 5.26 Å². The molecule has 4 N–H and O–H groups in total. The molecule has 0 aliphatic heterocycles. The summed E-state index contributed by atoms with van der Waals surface area (Å²) in [6.45, 7) is 0.183. The molecule has 0 radical (unpaired) electrons. The highest BCUT2D eigenvalue weighted by molar-refractivity contribution is 5.96. The number of H-pyrrole nitrogens is 1. The summed E-state index contributed by atoms with van der Waals surface area (Å²) < 4.78 is 1.21. The zero-order valence-electron chi connectivity index (χ0n) is 14.0. The standard InChI is InChI=1S/C18H16N6O2/c1-21-17(25)14-3-2-6-22-16(14)24-18(26)15(10-23-24)13-5-4-11(8-19)7-12(13)9-20/h2-7,10,23H,9,20H2,1H3,(H,21,25). The summed E-state index contributed by atoms with van der Waals surface area (Å²) in [6.07, 6.45) is 3.03. The summed E-state index contributed by atoms with van der Waals surface area (Å²) >= 11 is 0. The van der Waals surface area contributed by atoms with Crippen molar-refractivity contribution in [3.05, 3.63) is 69.8 Å². The average Bonchev–Trinajstić information content (AvgIpc) is 3.07. The maximum atomic E-state index is 12.9. The zero-order chi connectivity index (χ0) is 18.7. The van der Waals surface area contributed by atoms with E-state index in [1.807, 2.05) is 0 Å². The molecule has 26 heavy (non-hydrogen) atoms. The third kappa shape index (κ3) is 2.87. The van der Waals surface area contributed by atoms with Crippen molar-refractivity contribution in [3.63, 3.8) is 0 Å². The van der Waals surface area contributed by atoms with Crippen LogP contribution >= 0.6 is 0 Å². The summed E-state index contributed by atoms with van der Waals surface area (Å²) in [7, 11) is 1.51. The van der Waals surface area contributed by atoms with Crippen LogP contribution in [-0.2, 0) is 6.54 Å². The first-order valence-corrected chi connectivity index (χ1v) is 7.82. The minimum atomic E-state index is -0.367. The SMILES string of the molecule is CNC(=O)c1cccnc1-n1[nH]cc(-c2ccc(C#N)cc2CN)c1=O. The number of amides is 1. The van der Waals surface area contributed by atoms with Gasteiger partial charge < -0.3 is 11.1 Å². The molecule has 0 saturated heterocycles.